The van der Waals surface area contributed by atoms with E-state index in [2.05, 4.69) is 20.1 Å². The second-order valence-electron chi connectivity index (χ2n) is 9.00. The number of carbonyl (C=O) groups is 1. The van der Waals surface area contributed by atoms with Crippen LogP contribution in [-0.2, 0) is 11.2 Å². The molecule has 3 heterocycles. The zero-order chi connectivity index (χ0) is 22.7. The van der Waals surface area contributed by atoms with Crippen molar-refractivity contribution in [1.29, 1.82) is 0 Å². The molecule has 10 heteroatoms. The number of anilines is 1. The van der Waals surface area contributed by atoms with E-state index in [9.17, 15) is 18.0 Å². The van der Waals surface area contributed by atoms with Crippen LogP contribution < -0.4 is 15.0 Å². The number of aromatic nitrogens is 1. The van der Waals surface area contributed by atoms with E-state index < -0.39 is 18.2 Å². The summed E-state index contributed by atoms with van der Waals surface area (Å²) < 4.78 is 43.0. The highest BCUT2D eigenvalue weighted by Gasteiger charge is 2.44. The zero-order valence-corrected chi connectivity index (χ0v) is 18.1. The first-order valence-corrected chi connectivity index (χ1v) is 11.4. The van der Waals surface area contributed by atoms with Crippen molar-refractivity contribution >= 4 is 11.7 Å². The quantitative estimate of drug-likeness (QED) is 0.683. The molecule has 3 aliphatic rings. The number of hydrogen-bond donors (Lipinski definition) is 2. The molecule has 4 rings (SSSR count). The van der Waals surface area contributed by atoms with Gasteiger partial charge in [-0.15, -0.1) is 0 Å². The number of rotatable bonds is 6. The van der Waals surface area contributed by atoms with E-state index in [0.29, 0.717) is 18.8 Å². The molecule has 1 aromatic heterocycles. The second-order valence-corrected chi connectivity index (χ2v) is 9.00. The van der Waals surface area contributed by atoms with Crippen molar-refractivity contribution in [1.82, 2.24) is 15.2 Å². The summed E-state index contributed by atoms with van der Waals surface area (Å²) in [7, 11) is 0. The number of alkyl halides is 3. The molecule has 1 saturated carbocycles. The van der Waals surface area contributed by atoms with Crippen LogP contribution in [0.25, 0.3) is 0 Å². The summed E-state index contributed by atoms with van der Waals surface area (Å²) in [6, 6.07) is 1.64. The first-order chi connectivity index (χ1) is 15.3. The Kier molecular flexibility index (Phi) is 7.09. The van der Waals surface area contributed by atoms with Gasteiger partial charge in [-0.1, -0.05) is 0 Å². The fraction of sp³-hybridized carbons (Fsp3) is 0.727. The van der Waals surface area contributed by atoms with E-state index in [-0.39, 0.29) is 6.04 Å². The van der Waals surface area contributed by atoms with Gasteiger partial charge in [0, 0.05) is 50.4 Å². The molecule has 1 amide bonds. The number of amides is 1. The maximum Gasteiger partial charge on any atom is 0.423 e. The largest absolute Gasteiger partial charge is 0.493 e. The summed E-state index contributed by atoms with van der Waals surface area (Å²) in [5.41, 5.74) is 1.22. The molecule has 0 aromatic carbocycles. The van der Waals surface area contributed by atoms with Crippen LogP contribution in [0, 0.1) is 5.92 Å². The average molecular weight is 457 g/mol. The van der Waals surface area contributed by atoms with Gasteiger partial charge in [0.1, 0.15) is 11.6 Å². The lowest BCUT2D eigenvalue weighted by Crippen LogP contribution is -2.49. The minimum Gasteiger partial charge on any atom is -0.493 e. The number of piperazine rings is 1. The average Bonchev–Trinajstić information content (AvgIpc) is 3.27. The number of aliphatic hydroxyl groups excluding tert-OH is 1. The van der Waals surface area contributed by atoms with Crippen molar-refractivity contribution in [3.63, 3.8) is 0 Å². The number of nitrogens with zero attached hydrogens (tertiary/aromatic N) is 3. The van der Waals surface area contributed by atoms with Gasteiger partial charge in [0.2, 0.25) is 6.10 Å². The molecule has 2 N–H and O–H groups in total. The van der Waals surface area contributed by atoms with E-state index in [0.717, 1.165) is 76.6 Å². The summed E-state index contributed by atoms with van der Waals surface area (Å²) in [6.45, 7) is 5.56. The molecule has 1 saturated heterocycles. The maximum absolute atomic E-state index is 12.4. The monoisotopic (exact) mass is 456 g/mol. The molecule has 2 aliphatic heterocycles. The van der Waals surface area contributed by atoms with E-state index in [1.807, 2.05) is 12.3 Å². The van der Waals surface area contributed by atoms with Crippen LogP contribution in [0.2, 0.25) is 0 Å². The molecule has 1 atom stereocenters. The Balaban J connectivity index is 1.15. The fourth-order valence-corrected chi connectivity index (χ4v) is 4.94. The lowest BCUT2D eigenvalue weighted by molar-refractivity contribution is -0.205. The van der Waals surface area contributed by atoms with Gasteiger partial charge in [-0.25, -0.2) is 4.98 Å². The Bertz CT molecular complexity index is 791. The number of hydrogen-bond acceptors (Lipinski definition) is 6. The molecule has 1 unspecified atom stereocenters. The van der Waals surface area contributed by atoms with Crippen LogP contribution in [0.15, 0.2) is 12.3 Å². The van der Waals surface area contributed by atoms with Crippen LogP contribution in [0.3, 0.4) is 0 Å². The molecule has 2 fully saturated rings. The number of pyridine rings is 1. The number of ether oxygens (including phenoxy) is 1. The Morgan fingerprint density at radius 2 is 1.94 bits per heavy atom. The smallest absolute Gasteiger partial charge is 0.423 e. The third kappa shape index (κ3) is 5.46. The van der Waals surface area contributed by atoms with Gasteiger partial charge in [0.05, 0.1) is 6.61 Å². The topological polar surface area (TPSA) is 77.9 Å². The van der Waals surface area contributed by atoms with Crippen LogP contribution in [0.4, 0.5) is 19.0 Å². The van der Waals surface area contributed by atoms with Gasteiger partial charge in [0.15, 0.2) is 0 Å². The Morgan fingerprint density at radius 1 is 1.22 bits per heavy atom. The summed E-state index contributed by atoms with van der Waals surface area (Å²) in [4.78, 5) is 21.0. The number of halogens is 3. The predicted octanol–water partition coefficient (Wildman–Crippen LogP) is 2.13. The number of carbonyl (C=O) groups excluding carboxylic acids is 1. The van der Waals surface area contributed by atoms with Gasteiger partial charge in [-0.3, -0.25) is 9.69 Å². The van der Waals surface area contributed by atoms with E-state index >= 15 is 0 Å². The fourth-order valence-electron chi connectivity index (χ4n) is 4.94. The first-order valence-electron chi connectivity index (χ1n) is 11.4. The molecule has 178 valence electrons. The highest BCUT2D eigenvalue weighted by atomic mass is 19.4. The van der Waals surface area contributed by atoms with Gasteiger partial charge >= 0.3 is 6.18 Å². The predicted molar refractivity (Wildman–Crippen MR) is 113 cm³/mol. The van der Waals surface area contributed by atoms with Gasteiger partial charge in [0.25, 0.3) is 5.91 Å². The van der Waals surface area contributed by atoms with Crippen LogP contribution in [0.1, 0.15) is 37.7 Å². The van der Waals surface area contributed by atoms with Crippen LogP contribution in [-0.4, -0.2) is 78.6 Å². The standard InChI is InChI=1S/C22H31F3N4O3/c23-22(24,25)19(30)21(31)27-16-3-1-15(2-4-16)6-9-28-10-12-29(13-11-28)20-17-7-14-32-18(17)5-8-26-20/h5,8,15-16,19,30H,1-4,6-7,9-14H2,(H,27,31). The van der Waals surface area contributed by atoms with Gasteiger partial charge in [-0.05, 0) is 50.6 Å². The minimum absolute atomic E-state index is 0.289. The number of aliphatic hydroxyl groups is 1. The molecule has 1 aromatic rings. The van der Waals surface area contributed by atoms with Crippen molar-refractivity contribution in [2.75, 3.05) is 44.2 Å². The summed E-state index contributed by atoms with van der Waals surface area (Å²) in [6.07, 6.45) is -1.01. The van der Waals surface area contributed by atoms with Crippen molar-refractivity contribution < 1.29 is 27.8 Å². The lowest BCUT2D eigenvalue weighted by atomic mass is 9.84. The van der Waals surface area contributed by atoms with Crippen molar-refractivity contribution in [2.45, 2.75) is 56.8 Å². The molecule has 1 aliphatic carbocycles. The van der Waals surface area contributed by atoms with E-state index in [1.165, 1.54) is 5.56 Å². The molecule has 32 heavy (non-hydrogen) atoms. The second kappa shape index (κ2) is 9.82. The normalized spacial score (nSPS) is 25.2. The zero-order valence-electron chi connectivity index (χ0n) is 18.1. The van der Waals surface area contributed by atoms with Crippen LogP contribution in [0.5, 0.6) is 5.75 Å². The van der Waals surface area contributed by atoms with Gasteiger partial charge < -0.3 is 20.1 Å². The molecular weight excluding hydrogens is 425 g/mol. The van der Waals surface area contributed by atoms with Crippen LogP contribution >= 0.6 is 0 Å². The van der Waals surface area contributed by atoms with E-state index in [1.54, 1.807) is 0 Å². The summed E-state index contributed by atoms with van der Waals surface area (Å²) in [5.74, 6) is 1.18. The van der Waals surface area contributed by atoms with Crippen molar-refractivity contribution in [3.8, 4) is 5.75 Å². The maximum atomic E-state index is 12.4. The van der Waals surface area contributed by atoms with E-state index in [4.69, 9.17) is 9.84 Å². The SMILES string of the molecule is O=C(NC1CCC(CCN2CCN(c3nccc4c3CCO4)CC2)CC1)C(O)C(F)(F)F. The Morgan fingerprint density at radius 3 is 2.62 bits per heavy atom. The highest BCUT2D eigenvalue weighted by molar-refractivity contribution is 5.81. The highest BCUT2D eigenvalue weighted by Crippen LogP contribution is 2.33. The third-order valence-electron chi connectivity index (χ3n) is 6.88. The number of nitrogens with one attached hydrogen (secondary N) is 1. The first kappa shape index (κ1) is 23.1. The lowest BCUT2D eigenvalue weighted by Gasteiger charge is -2.37. The number of fused-ring (bicyclic) bond motifs is 1. The van der Waals surface area contributed by atoms with Gasteiger partial charge in [-0.2, -0.15) is 13.2 Å². The van der Waals surface area contributed by atoms with Crippen molar-refractivity contribution in [3.05, 3.63) is 17.8 Å². The third-order valence-corrected chi connectivity index (χ3v) is 6.88. The Labute approximate surface area is 185 Å². The summed E-state index contributed by atoms with van der Waals surface area (Å²) >= 11 is 0. The minimum atomic E-state index is -4.92. The molecule has 0 bridgehead atoms. The Hall–Kier alpha value is -2.07. The molecule has 7 nitrogen and oxygen atoms in total. The molecule has 0 radical (unpaired) electrons. The summed E-state index contributed by atoms with van der Waals surface area (Å²) in [5, 5.41) is 11.4. The molecular formula is C22H31F3N4O3. The van der Waals surface area contributed by atoms with Crippen molar-refractivity contribution in [2.24, 2.45) is 5.92 Å². The molecule has 0 spiro atoms.